The Bertz CT molecular complexity index is 1870. The van der Waals surface area contributed by atoms with Crippen molar-refractivity contribution in [3.05, 3.63) is 108 Å². The van der Waals surface area contributed by atoms with Crippen molar-refractivity contribution in [3.63, 3.8) is 0 Å². The first-order valence-corrected chi connectivity index (χ1v) is 15.8. The van der Waals surface area contributed by atoms with Gasteiger partial charge in [0, 0.05) is 62.0 Å². The van der Waals surface area contributed by atoms with Gasteiger partial charge in [-0.1, -0.05) is 48.5 Å². The summed E-state index contributed by atoms with van der Waals surface area (Å²) in [5.74, 6) is -0.482. The van der Waals surface area contributed by atoms with Gasteiger partial charge in [0.15, 0.2) is 0 Å². The zero-order valence-corrected chi connectivity index (χ0v) is 25.4. The SMILES string of the molecule is COCCCN(CC(=O)N(CCc1c[nH]c2ccccc12)Cc1ccc(C(F)(F)F)cc1)S(=O)(=O)c1cccc2cccnc12. The highest BCUT2D eigenvalue weighted by atomic mass is 32.2. The molecule has 5 rings (SSSR count). The maximum absolute atomic E-state index is 14.0. The van der Waals surface area contributed by atoms with E-state index in [1.165, 1.54) is 36.4 Å². The van der Waals surface area contributed by atoms with Gasteiger partial charge in [-0.15, -0.1) is 0 Å². The molecule has 45 heavy (non-hydrogen) atoms. The molecule has 5 aromatic rings. The molecule has 0 aliphatic rings. The maximum atomic E-state index is 14.0. The van der Waals surface area contributed by atoms with Gasteiger partial charge in [-0.3, -0.25) is 9.78 Å². The van der Waals surface area contributed by atoms with Crippen molar-refractivity contribution in [2.24, 2.45) is 0 Å². The summed E-state index contributed by atoms with van der Waals surface area (Å²) in [6.45, 7) is 0.0416. The summed E-state index contributed by atoms with van der Waals surface area (Å²) in [7, 11) is -2.67. The molecule has 8 nitrogen and oxygen atoms in total. The fourth-order valence-corrected chi connectivity index (χ4v) is 6.84. The molecule has 1 amide bonds. The highest BCUT2D eigenvalue weighted by Gasteiger charge is 2.32. The van der Waals surface area contributed by atoms with E-state index in [0.29, 0.717) is 29.3 Å². The number of H-pyrrole nitrogens is 1. The van der Waals surface area contributed by atoms with Crippen LogP contribution in [0.5, 0.6) is 0 Å². The topological polar surface area (TPSA) is 95.6 Å². The highest BCUT2D eigenvalue weighted by molar-refractivity contribution is 7.89. The van der Waals surface area contributed by atoms with Crippen LogP contribution in [0.2, 0.25) is 0 Å². The summed E-state index contributed by atoms with van der Waals surface area (Å²) in [4.78, 5) is 22.9. The lowest BCUT2D eigenvalue weighted by molar-refractivity contribution is -0.137. The number of nitrogens with one attached hydrogen (secondary N) is 1. The van der Waals surface area contributed by atoms with Crippen molar-refractivity contribution in [1.29, 1.82) is 0 Å². The molecule has 0 saturated heterocycles. The van der Waals surface area contributed by atoms with Gasteiger partial charge in [0.2, 0.25) is 15.9 Å². The number of carbonyl (C=O) groups excluding carboxylic acids is 1. The number of ether oxygens (including phenoxy) is 1. The molecule has 0 atom stereocenters. The third kappa shape index (κ3) is 7.52. The minimum Gasteiger partial charge on any atom is -0.385 e. The minimum absolute atomic E-state index is 0.00110. The second-order valence-electron chi connectivity index (χ2n) is 10.6. The molecule has 2 heterocycles. The lowest BCUT2D eigenvalue weighted by Gasteiger charge is -2.28. The Kier molecular flexibility index (Phi) is 9.86. The zero-order valence-electron chi connectivity index (χ0n) is 24.6. The van der Waals surface area contributed by atoms with E-state index in [1.54, 1.807) is 24.3 Å². The van der Waals surface area contributed by atoms with Crippen molar-refractivity contribution in [2.45, 2.75) is 30.5 Å². The summed E-state index contributed by atoms with van der Waals surface area (Å²) < 4.78 is 73.9. The van der Waals surface area contributed by atoms with E-state index in [-0.39, 0.29) is 31.1 Å². The van der Waals surface area contributed by atoms with Gasteiger partial charge in [-0.05, 0) is 54.3 Å². The van der Waals surface area contributed by atoms with Crippen molar-refractivity contribution < 1.29 is 31.1 Å². The number of fused-ring (bicyclic) bond motifs is 2. The number of halogens is 3. The predicted molar refractivity (Wildman–Crippen MR) is 166 cm³/mol. The summed E-state index contributed by atoms with van der Waals surface area (Å²) in [5.41, 5.74) is 1.89. The number of hydrogen-bond acceptors (Lipinski definition) is 5. The molecule has 2 aromatic heterocycles. The predicted octanol–water partition coefficient (Wildman–Crippen LogP) is 6.03. The van der Waals surface area contributed by atoms with E-state index in [9.17, 15) is 26.4 Å². The quantitative estimate of drug-likeness (QED) is 0.159. The van der Waals surface area contributed by atoms with Crippen LogP contribution in [0, 0.1) is 0 Å². The third-order valence-electron chi connectivity index (χ3n) is 7.61. The Balaban J connectivity index is 1.44. The van der Waals surface area contributed by atoms with Crippen molar-refractivity contribution >= 4 is 37.7 Å². The number of hydrogen-bond donors (Lipinski definition) is 1. The van der Waals surface area contributed by atoms with E-state index >= 15 is 0 Å². The van der Waals surface area contributed by atoms with Crippen LogP contribution in [0.25, 0.3) is 21.8 Å². The van der Waals surface area contributed by atoms with E-state index in [4.69, 9.17) is 4.74 Å². The number of alkyl halides is 3. The number of sulfonamides is 1. The van der Waals surface area contributed by atoms with E-state index in [0.717, 1.165) is 32.9 Å². The number of amides is 1. The summed E-state index contributed by atoms with van der Waals surface area (Å²) in [6.07, 6.45) is -0.328. The smallest absolute Gasteiger partial charge is 0.385 e. The van der Waals surface area contributed by atoms with Gasteiger partial charge < -0.3 is 14.6 Å². The first-order chi connectivity index (χ1) is 21.6. The molecule has 0 bridgehead atoms. The Morgan fingerprint density at radius 2 is 1.71 bits per heavy atom. The van der Waals surface area contributed by atoms with Crippen molar-refractivity contribution in [2.75, 3.05) is 33.4 Å². The molecular formula is C33H33F3N4O4S. The van der Waals surface area contributed by atoms with Crippen LogP contribution >= 0.6 is 0 Å². The number of carbonyl (C=O) groups is 1. The summed E-state index contributed by atoms with van der Waals surface area (Å²) >= 11 is 0. The largest absolute Gasteiger partial charge is 0.416 e. The molecular weight excluding hydrogens is 605 g/mol. The van der Waals surface area contributed by atoms with E-state index in [1.807, 2.05) is 30.5 Å². The van der Waals surface area contributed by atoms with Crippen LogP contribution in [0.4, 0.5) is 13.2 Å². The van der Waals surface area contributed by atoms with Crippen LogP contribution < -0.4 is 0 Å². The molecule has 3 aromatic carbocycles. The second-order valence-corrected chi connectivity index (χ2v) is 12.5. The Labute approximate surface area is 259 Å². The van der Waals surface area contributed by atoms with Gasteiger partial charge in [0.05, 0.1) is 17.6 Å². The Morgan fingerprint density at radius 1 is 0.956 bits per heavy atom. The molecule has 0 unspecified atom stereocenters. The monoisotopic (exact) mass is 638 g/mol. The minimum atomic E-state index is -4.49. The molecule has 0 spiro atoms. The van der Waals surface area contributed by atoms with Gasteiger partial charge in [0.25, 0.3) is 0 Å². The van der Waals surface area contributed by atoms with Crippen LogP contribution in [0.15, 0.2) is 96.2 Å². The number of benzene rings is 3. The molecule has 0 saturated carbocycles. The molecule has 236 valence electrons. The van der Waals surface area contributed by atoms with Gasteiger partial charge >= 0.3 is 6.18 Å². The molecule has 0 aliphatic heterocycles. The lowest BCUT2D eigenvalue weighted by atomic mass is 10.1. The van der Waals surface area contributed by atoms with Gasteiger partial charge in [-0.2, -0.15) is 17.5 Å². The van der Waals surface area contributed by atoms with Crippen molar-refractivity contribution in [1.82, 2.24) is 19.2 Å². The fraction of sp³-hybridized carbons (Fsp3) is 0.273. The number of nitrogens with zero attached hydrogens (tertiary/aromatic N) is 3. The van der Waals surface area contributed by atoms with Crippen LogP contribution in [-0.4, -0.2) is 66.8 Å². The standard InChI is InChI=1S/C33H33F3N4O4S/c1-44-20-6-18-40(45(42,43)30-11-4-7-25-8-5-17-37-32(25)30)23-31(41)39(22-24-12-14-27(15-13-24)33(34,35)36)19-16-26-21-38-29-10-3-2-9-28(26)29/h2-5,7-15,17,21,38H,6,16,18-20,22-23H2,1H3. The average molecular weight is 639 g/mol. The molecule has 0 aliphatic carbocycles. The Hall–Kier alpha value is -4.26. The van der Waals surface area contributed by atoms with Crippen LogP contribution in [0.1, 0.15) is 23.1 Å². The zero-order chi connectivity index (χ0) is 32.0. The molecule has 12 heteroatoms. The summed E-state index contributed by atoms with van der Waals surface area (Å²) in [5, 5.41) is 1.64. The fourth-order valence-electron chi connectivity index (χ4n) is 5.25. The average Bonchev–Trinajstić information content (AvgIpc) is 3.45. The number of methoxy groups -OCH3 is 1. The van der Waals surface area contributed by atoms with Gasteiger partial charge in [0.1, 0.15) is 4.90 Å². The number of pyridine rings is 1. The first kappa shape index (κ1) is 32.1. The number of aromatic nitrogens is 2. The van der Waals surface area contributed by atoms with Crippen LogP contribution in [0.3, 0.4) is 0 Å². The Morgan fingerprint density at radius 3 is 2.47 bits per heavy atom. The third-order valence-corrected chi connectivity index (χ3v) is 9.49. The lowest BCUT2D eigenvalue weighted by Crippen LogP contribution is -2.44. The second kappa shape index (κ2) is 13.8. The first-order valence-electron chi connectivity index (χ1n) is 14.4. The van der Waals surface area contributed by atoms with E-state index in [2.05, 4.69) is 9.97 Å². The molecule has 0 radical (unpaired) electrons. The number of aromatic amines is 1. The normalized spacial score (nSPS) is 12.3. The van der Waals surface area contributed by atoms with E-state index < -0.39 is 34.2 Å². The molecule has 1 N–H and O–H groups in total. The number of para-hydroxylation sites is 2. The van der Waals surface area contributed by atoms with Crippen LogP contribution in [-0.2, 0) is 38.7 Å². The summed E-state index contributed by atoms with van der Waals surface area (Å²) in [6, 6.07) is 20.7. The number of rotatable bonds is 13. The van der Waals surface area contributed by atoms with Crippen molar-refractivity contribution in [3.8, 4) is 0 Å². The van der Waals surface area contributed by atoms with Gasteiger partial charge in [-0.25, -0.2) is 8.42 Å². The highest BCUT2D eigenvalue weighted by Crippen LogP contribution is 2.30. The maximum Gasteiger partial charge on any atom is 0.416 e. The molecule has 0 fully saturated rings.